The summed E-state index contributed by atoms with van der Waals surface area (Å²) in [6.07, 6.45) is 2.21. The third-order valence-corrected chi connectivity index (χ3v) is 4.41. The Bertz CT molecular complexity index is 810. The van der Waals surface area contributed by atoms with Gasteiger partial charge in [0, 0.05) is 5.02 Å². The Morgan fingerprint density at radius 2 is 1.87 bits per heavy atom. The fraction of sp³-hybridized carbons (Fsp3) is 0.278. The molecule has 4 rings (SSSR count). The number of aromatic nitrogens is 2. The molecule has 1 aliphatic rings. The van der Waals surface area contributed by atoms with E-state index in [-0.39, 0.29) is 6.10 Å². The molecule has 1 aromatic heterocycles. The fourth-order valence-electron chi connectivity index (χ4n) is 2.99. The van der Waals surface area contributed by atoms with Gasteiger partial charge in [0.2, 0.25) is 5.88 Å². The lowest BCUT2D eigenvalue weighted by atomic mass is 10.1. The minimum absolute atomic E-state index is 0.206. The Hall–Kier alpha value is -2.04. The zero-order chi connectivity index (χ0) is 15.6. The van der Waals surface area contributed by atoms with E-state index in [4.69, 9.17) is 21.4 Å². The molecule has 1 aliphatic heterocycles. The van der Waals surface area contributed by atoms with Gasteiger partial charge in [0.05, 0.1) is 16.6 Å². The third kappa shape index (κ3) is 2.92. The van der Waals surface area contributed by atoms with Crippen molar-refractivity contribution in [1.29, 1.82) is 0 Å². The van der Waals surface area contributed by atoms with Crippen LogP contribution in [0.2, 0.25) is 5.02 Å². The lowest BCUT2D eigenvalue weighted by Gasteiger charge is -2.22. The van der Waals surface area contributed by atoms with Crippen LogP contribution in [-0.2, 0) is 0 Å². The zero-order valence-corrected chi connectivity index (χ0v) is 13.5. The van der Waals surface area contributed by atoms with Gasteiger partial charge in [-0.1, -0.05) is 29.8 Å². The summed E-state index contributed by atoms with van der Waals surface area (Å²) in [5, 5.41) is 9.71. The summed E-state index contributed by atoms with van der Waals surface area (Å²) in [5.74, 6) is 0.665. The summed E-state index contributed by atoms with van der Waals surface area (Å²) in [5.41, 5.74) is 2.02. The number of nitrogens with one attached hydrogen (secondary N) is 1. The Balaban J connectivity index is 1.78. The molecular formula is C18H18ClN3O. The molecular weight excluding hydrogens is 310 g/mol. The Morgan fingerprint density at radius 1 is 1.09 bits per heavy atom. The molecule has 0 radical (unpaired) electrons. The van der Waals surface area contributed by atoms with Crippen molar-refractivity contribution in [1.82, 2.24) is 15.1 Å². The second-order valence-corrected chi connectivity index (χ2v) is 6.22. The number of para-hydroxylation sites is 1. The van der Waals surface area contributed by atoms with E-state index in [0.717, 1.165) is 42.5 Å². The van der Waals surface area contributed by atoms with Gasteiger partial charge >= 0.3 is 0 Å². The van der Waals surface area contributed by atoms with Gasteiger partial charge in [-0.2, -0.15) is 0 Å². The average molecular weight is 328 g/mol. The van der Waals surface area contributed by atoms with E-state index in [1.165, 1.54) is 0 Å². The number of fused-ring (bicyclic) bond motifs is 1. The minimum atomic E-state index is 0.206. The molecule has 0 aliphatic carbocycles. The van der Waals surface area contributed by atoms with Crippen molar-refractivity contribution in [2.75, 3.05) is 13.1 Å². The van der Waals surface area contributed by atoms with Gasteiger partial charge in [0.15, 0.2) is 0 Å². The van der Waals surface area contributed by atoms with Gasteiger partial charge < -0.3 is 10.1 Å². The van der Waals surface area contributed by atoms with E-state index in [0.29, 0.717) is 10.9 Å². The molecule has 118 valence electrons. The van der Waals surface area contributed by atoms with Crippen LogP contribution in [0.4, 0.5) is 0 Å². The number of hydrogen-bond donors (Lipinski definition) is 1. The molecule has 1 N–H and O–H groups in total. The maximum atomic E-state index is 6.20. The molecule has 23 heavy (non-hydrogen) atoms. The van der Waals surface area contributed by atoms with Crippen molar-refractivity contribution in [3.05, 3.63) is 53.6 Å². The predicted molar refractivity (Wildman–Crippen MR) is 92.6 cm³/mol. The third-order valence-electron chi connectivity index (χ3n) is 4.17. The van der Waals surface area contributed by atoms with Crippen LogP contribution in [0.15, 0.2) is 48.5 Å². The van der Waals surface area contributed by atoms with Crippen LogP contribution in [0.1, 0.15) is 12.8 Å². The summed E-state index contributed by atoms with van der Waals surface area (Å²) < 4.78 is 8.11. The van der Waals surface area contributed by atoms with Crippen LogP contribution in [0, 0.1) is 0 Å². The van der Waals surface area contributed by atoms with E-state index >= 15 is 0 Å². The number of hydrogen-bond acceptors (Lipinski definition) is 3. The van der Waals surface area contributed by atoms with Crippen LogP contribution >= 0.6 is 11.6 Å². The molecule has 0 atom stereocenters. The maximum Gasteiger partial charge on any atom is 0.241 e. The summed E-state index contributed by atoms with van der Waals surface area (Å²) >= 11 is 6.19. The highest BCUT2D eigenvalue weighted by atomic mass is 35.5. The highest BCUT2D eigenvalue weighted by molar-refractivity contribution is 6.31. The van der Waals surface area contributed by atoms with Crippen LogP contribution in [0.25, 0.3) is 16.6 Å². The normalized spacial score (nSPS) is 15.9. The van der Waals surface area contributed by atoms with Gasteiger partial charge in [-0.15, -0.1) is 5.10 Å². The molecule has 1 saturated heterocycles. The highest BCUT2D eigenvalue weighted by Gasteiger charge is 2.19. The van der Waals surface area contributed by atoms with E-state index in [2.05, 4.69) is 5.32 Å². The zero-order valence-electron chi connectivity index (χ0n) is 12.7. The van der Waals surface area contributed by atoms with Gasteiger partial charge in [0.25, 0.3) is 0 Å². The van der Waals surface area contributed by atoms with Crippen molar-refractivity contribution >= 4 is 22.5 Å². The second-order valence-electron chi connectivity index (χ2n) is 5.78. The molecule has 4 nitrogen and oxygen atoms in total. The molecule has 2 aromatic carbocycles. The van der Waals surface area contributed by atoms with Crippen LogP contribution in [0.3, 0.4) is 0 Å². The van der Waals surface area contributed by atoms with Crippen LogP contribution in [0.5, 0.6) is 5.88 Å². The first-order chi connectivity index (χ1) is 11.3. The first kappa shape index (κ1) is 14.5. The molecule has 3 aromatic rings. The number of piperidine rings is 1. The van der Waals surface area contributed by atoms with Crippen LogP contribution in [-0.4, -0.2) is 29.0 Å². The molecule has 0 amide bonds. The SMILES string of the molecule is Clc1ccc2c(c1)c(OC1CCNCC1)nn2-c1ccccc1. The lowest BCUT2D eigenvalue weighted by Crippen LogP contribution is -2.34. The van der Waals surface area contributed by atoms with Gasteiger partial charge in [0.1, 0.15) is 6.10 Å². The van der Waals surface area contributed by atoms with Gasteiger partial charge in [-0.25, -0.2) is 4.68 Å². The topological polar surface area (TPSA) is 39.1 Å². The quantitative estimate of drug-likeness (QED) is 0.795. The summed E-state index contributed by atoms with van der Waals surface area (Å²) in [4.78, 5) is 0. The average Bonchev–Trinajstić information content (AvgIpc) is 2.94. The molecule has 0 spiro atoms. The maximum absolute atomic E-state index is 6.20. The fourth-order valence-corrected chi connectivity index (χ4v) is 3.16. The summed E-state index contributed by atoms with van der Waals surface area (Å²) in [6, 6.07) is 15.9. The van der Waals surface area contributed by atoms with E-state index in [1.807, 2.05) is 53.2 Å². The molecule has 2 heterocycles. The van der Waals surface area contributed by atoms with Crippen molar-refractivity contribution in [2.24, 2.45) is 0 Å². The van der Waals surface area contributed by atoms with E-state index in [1.54, 1.807) is 0 Å². The Morgan fingerprint density at radius 3 is 2.65 bits per heavy atom. The van der Waals surface area contributed by atoms with Crippen molar-refractivity contribution in [2.45, 2.75) is 18.9 Å². The molecule has 0 saturated carbocycles. The summed E-state index contributed by atoms with van der Waals surface area (Å²) in [7, 11) is 0. The van der Waals surface area contributed by atoms with Crippen molar-refractivity contribution in [3.63, 3.8) is 0 Å². The molecule has 0 unspecified atom stereocenters. The largest absolute Gasteiger partial charge is 0.473 e. The number of benzene rings is 2. The number of rotatable bonds is 3. The molecule has 5 heteroatoms. The second kappa shape index (κ2) is 6.22. The smallest absolute Gasteiger partial charge is 0.241 e. The molecule has 0 bridgehead atoms. The first-order valence-corrected chi connectivity index (χ1v) is 8.30. The first-order valence-electron chi connectivity index (χ1n) is 7.92. The monoisotopic (exact) mass is 327 g/mol. The van der Waals surface area contributed by atoms with E-state index in [9.17, 15) is 0 Å². The Kier molecular flexibility index (Phi) is 3.93. The highest BCUT2D eigenvalue weighted by Crippen LogP contribution is 2.31. The minimum Gasteiger partial charge on any atom is -0.473 e. The lowest BCUT2D eigenvalue weighted by molar-refractivity contribution is 0.157. The number of nitrogens with zero attached hydrogens (tertiary/aromatic N) is 2. The predicted octanol–water partition coefficient (Wildman–Crippen LogP) is 3.81. The summed E-state index contributed by atoms with van der Waals surface area (Å²) in [6.45, 7) is 1.98. The van der Waals surface area contributed by atoms with Crippen molar-refractivity contribution < 1.29 is 4.74 Å². The van der Waals surface area contributed by atoms with E-state index < -0.39 is 0 Å². The van der Waals surface area contributed by atoms with Gasteiger partial charge in [-0.3, -0.25) is 0 Å². The van der Waals surface area contributed by atoms with Gasteiger partial charge in [-0.05, 0) is 56.3 Å². The molecule has 1 fully saturated rings. The van der Waals surface area contributed by atoms with Crippen molar-refractivity contribution in [3.8, 4) is 11.6 Å². The Labute approximate surface area is 140 Å². The number of ether oxygens (including phenoxy) is 1. The standard InChI is InChI=1S/C18H18ClN3O/c19-13-6-7-17-16(12-13)18(23-15-8-10-20-11-9-15)21-22(17)14-4-2-1-3-5-14/h1-7,12,15,20H,8-11H2. The number of halogens is 1. The van der Waals surface area contributed by atoms with Crippen LogP contribution < -0.4 is 10.1 Å².